The molecular weight excluding hydrogens is 362 g/mol. The lowest BCUT2D eigenvalue weighted by molar-refractivity contribution is -0.110. The van der Waals surface area contributed by atoms with Crippen LogP contribution >= 0.6 is 0 Å². The van der Waals surface area contributed by atoms with Gasteiger partial charge in [0.1, 0.15) is 5.52 Å². The van der Waals surface area contributed by atoms with Gasteiger partial charge in [0.05, 0.1) is 16.7 Å². The fraction of sp³-hybridized carbons (Fsp3) is 0.375. The molecule has 148 valence electrons. The summed E-state index contributed by atoms with van der Waals surface area (Å²) >= 11 is 0. The van der Waals surface area contributed by atoms with Crippen LogP contribution in [0.15, 0.2) is 60.9 Å². The van der Waals surface area contributed by atoms with Crippen molar-refractivity contribution in [1.82, 2.24) is 14.9 Å². The predicted molar refractivity (Wildman–Crippen MR) is 111 cm³/mol. The maximum Gasteiger partial charge on any atom is 0.256 e. The first-order valence-electron chi connectivity index (χ1n) is 10.5. The summed E-state index contributed by atoms with van der Waals surface area (Å²) < 4.78 is 0. The molecule has 2 aliphatic rings. The van der Waals surface area contributed by atoms with Crippen LogP contribution in [0.1, 0.15) is 48.0 Å². The van der Waals surface area contributed by atoms with Gasteiger partial charge in [-0.25, -0.2) is 0 Å². The highest BCUT2D eigenvalue weighted by molar-refractivity contribution is 6.04. The van der Waals surface area contributed by atoms with Gasteiger partial charge in [0.15, 0.2) is 0 Å². The Bertz CT molecular complexity index is 1030. The molecule has 5 nitrogen and oxygen atoms in total. The number of rotatable bonds is 2. The molecule has 3 unspecified atom stereocenters. The molecule has 3 atom stereocenters. The molecule has 1 aliphatic carbocycles. The Balaban J connectivity index is 1.52. The van der Waals surface area contributed by atoms with Crippen molar-refractivity contribution in [3.05, 3.63) is 72.1 Å². The monoisotopic (exact) mass is 387 g/mol. The molecule has 5 rings (SSSR count). The van der Waals surface area contributed by atoms with Gasteiger partial charge < -0.3 is 10.0 Å². The first-order valence-corrected chi connectivity index (χ1v) is 10.5. The number of benzene rings is 2. The van der Waals surface area contributed by atoms with Crippen molar-refractivity contribution in [2.24, 2.45) is 5.92 Å². The second-order valence-corrected chi connectivity index (χ2v) is 8.23. The maximum atomic E-state index is 13.6. The van der Waals surface area contributed by atoms with E-state index in [1.54, 1.807) is 12.4 Å². The Morgan fingerprint density at radius 3 is 2.66 bits per heavy atom. The summed E-state index contributed by atoms with van der Waals surface area (Å²) in [4.78, 5) is 24.3. The molecule has 2 aromatic carbocycles. The van der Waals surface area contributed by atoms with Crippen LogP contribution in [0.5, 0.6) is 0 Å². The summed E-state index contributed by atoms with van der Waals surface area (Å²) in [6, 6.07) is 15.6. The lowest BCUT2D eigenvalue weighted by Crippen LogP contribution is -2.59. The van der Waals surface area contributed by atoms with Gasteiger partial charge in [-0.05, 0) is 37.0 Å². The van der Waals surface area contributed by atoms with Crippen LogP contribution in [-0.2, 0) is 5.60 Å². The highest BCUT2D eigenvalue weighted by Crippen LogP contribution is 2.47. The topological polar surface area (TPSA) is 66.3 Å². The molecule has 0 bridgehead atoms. The molecule has 1 amide bonds. The molecule has 1 aliphatic heterocycles. The fourth-order valence-electron chi connectivity index (χ4n) is 5.34. The molecule has 2 heterocycles. The summed E-state index contributed by atoms with van der Waals surface area (Å²) in [5, 5.41) is 11.7. The first-order chi connectivity index (χ1) is 14.2. The summed E-state index contributed by atoms with van der Waals surface area (Å²) in [5.74, 6) is 0.0560. The Labute approximate surface area is 170 Å². The van der Waals surface area contributed by atoms with E-state index >= 15 is 0 Å². The van der Waals surface area contributed by atoms with Gasteiger partial charge in [0, 0.05) is 30.9 Å². The number of amides is 1. The van der Waals surface area contributed by atoms with Gasteiger partial charge >= 0.3 is 0 Å². The Morgan fingerprint density at radius 2 is 1.79 bits per heavy atom. The van der Waals surface area contributed by atoms with Crippen molar-refractivity contribution in [2.75, 3.05) is 6.54 Å². The van der Waals surface area contributed by atoms with Crippen molar-refractivity contribution in [3.63, 3.8) is 0 Å². The van der Waals surface area contributed by atoms with Crippen LogP contribution < -0.4 is 0 Å². The molecule has 1 saturated heterocycles. The van der Waals surface area contributed by atoms with E-state index in [1.807, 2.05) is 53.4 Å². The lowest BCUT2D eigenvalue weighted by Gasteiger charge is -2.52. The van der Waals surface area contributed by atoms with Gasteiger partial charge in [-0.15, -0.1) is 0 Å². The number of piperidine rings is 1. The van der Waals surface area contributed by atoms with Crippen LogP contribution in [0.25, 0.3) is 11.0 Å². The van der Waals surface area contributed by atoms with E-state index in [9.17, 15) is 9.90 Å². The third-order valence-electron chi connectivity index (χ3n) is 6.74. The summed E-state index contributed by atoms with van der Waals surface area (Å²) in [6.45, 7) is 0.544. The smallest absolute Gasteiger partial charge is 0.256 e. The minimum atomic E-state index is -0.873. The third kappa shape index (κ3) is 3.01. The van der Waals surface area contributed by atoms with Crippen LogP contribution in [0, 0.1) is 5.92 Å². The van der Waals surface area contributed by atoms with E-state index in [4.69, 9.17) is 0 Å². The Hall–Kier alpha value is -2.79. The second kappa shape index (κ2) is 7.23. The number of aromatic nitrogens is 2. The SMILES string of the molecule is O=C(c1cccc2nccnc12)N1CCC(O)(c2ccccc2)C2CCCCC21. The molecule has 1 N–H and O–H groups in total. The van der Waals surface area contributed by atoms with E-state index in [2.05, 4.69) is 9.97 Å². The van der Waals surface area contributed by atoms with Crippen LogP contribution in [0.2, 0.25) is 0 Å². The van der Waals surface area contributed by atoms with Crippen LogP contribution in [0.3, 0.4) is 0 Å². The van der Waals surface area contributed by atoms with Gasteiger partial charge in [-0.3, -0.25) is 14.8 Å². The van der Waals surface area contributed by atoms with Crippen LogP contribution in [-0.4, -0.2) is 38.5 Å². The Kier molecular flexibility index (Phi) is 4.55. The number of carbonyl (C=O) groups is 1. The largest absolute Gasteiger partial charge is 0.385 e. The standard InChI is InChI=1S/C24H25N3O2/c28-23(18-9-6-11-20-22(18)26-15-14-25-20)27-16-13-24(29,17-7-2-1-3-8-17)19-10-4-5-12-21(19)27/h1-3,6-9,11,14-15,19,21,29H,4-5,10,12-13,16H2. The number of hydrogen-bond donors (Lipinski definition) is 1. The van der Waals surface area contributed by atoms with Gasteiger partial charge in [-0.2, -0.15) is 0 Å². The molecule has 5 heteroatoms. The number of nitrogens with zero attached hydrogens (tertiary/aromatic N) is 3. The van der Waals surface area contributed by atoms with Gasteiger partial charge in [0.2, 0.25) is 0 Å². The molecule has 29 heavy (non-hydrogen) atoms. The number of aliphatic hydroxyl groups is 1. The highest BCUT2D eigenvalue weighted by Gasteiger charge is 2.50. The Morgan fingerprint density at radius 1 is 1.00 bits per heavy atom. The highest BCUT2D eigenvalue weighted by atomic mass is 16.3. The van der Waals surface area contributed by atoms with Crippen molar-refractivity contribution in [3.8, 4) is 0 Å². The quantitative estimate of drug-likeness (QED) is 0.724. The van der Waals surface area contributed by atoms with Crippen molar-refractivity contribution >= 4 is 16.9 Å². The summed E-state index contributed by atoms with van der Waals surface area (Å²) in [6.07, 6.45) is 7.89. The normalized spacial score (nSPS) is 26.9. The van der Waals surface area contributed by atoms with Gasteiger partial charge in [-0.1, -0.05) is 49.2 Å². The zero-order chi connectivity index (χ0) is 19.8. The first kappa shape index (κ1) is 18.3. The fourth-order valence-corrected chi connectivity index (χ4v) is 5.34. The van der Waals surface area contributed by atoms with Crippen LogP contribution in [0.4, 0.5) is 0 Å². The molecule has 2 fully saturated rings. The molecule has 0 radical (unpaired) electrons. The molecule has 1 saturated carbocycles. The molecule has 1 aromatic heterocycles. The molecule has 3 aromatic rings. The average Bonchev–Trinajstić information content (AvgIpc) is 2.79. The third-order valence-corrected chi connectivity index (χ3v) is 6.74. The van der Waals surface area contributed by atoms with E-state index in [1.165, 1.54) is 0 Å². The minimum Gasteiger partial charge on any atom is -0.385 e. The van der Waals surface area contributed by atoms with Crippen molar-refractivity contribution in [1.29, 1.82) is 0 Å². The summed E-state index contributed by atoms with van der Waals surface area (Å²) in [7, 11) is 0. The number of hydrogen-bond acceptors (Lipinski definition) is 4. The molecular formula is C24H25N3O2. The lowest BCUT2D eigenvalue weighted by atomic mass is 9.66. The summed E-state index contributed by atoms with van der Waals surface area (Å²) in [5.41, 5.74) is 2.08. The maximum absolute atomic E-state index is 13.6. The van der Waals surface area contributed by atoms with E-state index in [0.717, 1.165) is 36.8 Å². The van der Waals surface area contributed by atoms with Crippen molar-refractivity contribution in [2.45, 2.75) is 43.7 Å². The average molecular weight is 387 g/mol. The van der Waals surface area contributed by atoms with Crippen molar-refractivity contribution < 1.29 is 9.90 Å². The predicted octanol–water partition coefficient (Wildman–Crippen LogP) is 3.92. The zero-order valence-electron chi connectivity index (χ0n) is 16.4. The van der Waals surface area contributed by atoms with E-state index in [-0.39, 0.29) is 17.9 Å². The minimum absolute atomic E-state index is 0.00288. The van der Waals surface area contributed by atoms with E-state index < -0.39 is 5.60 Å². The molecule has 0 spiro atoms. The zero-order valence-corrected chi connectivity index (χ0v) is 16.4. The number of likely N-dealkylation sites (tertiary alicyclic amines) is 1. The second-order valence-electron chi connectivity index (χ2n) is 8.23. The number of para-hydroxylation sites is 1. The van der Waals surface area contributed by atoms with Gasteiger partial charge in [0.25, 0.3) is 5.91 Å². The number of carbonyl (C=O) groups excluding carboxylic acids is 1. The van der Waals surface area contributed by atoms with E-state index in [0.29, 0.717) is 24.0 Å². The number of fused-ring (bicyclic) bond motifs is 2.